The molecule has 80 valence electrons. The van der Waals surface area contributed by atoms with Gasteiger partial charge in [0.25, 0.3) is 0 Å². The number of rotatable bonds is 3. The first-order chi connectivity index (χ1) is 6.95. The Hall–Kier alpha value is -0.180. The molecule has 2 nitrogen and oxygen atoms in total. The van der Waals surface area contributed by atoms with Crippen molar-refractivity contribution in [2.24, 2.45) is 4.99 Å². The summed E-state index contributed by atoms with van der Waals surface area (Å²) >= 11 is 2.11. The van der Waals surface area contributed by atoms with E-state index in [2.05, 4.69) is 22.1 Å². The van der Waals surface area contributed by atoms with E-state index in [1.165, 1.54) is 44.4 Å². The van der Waals surface area contributed by atoms with E-state index >= 15 is 0 Å². The average molecular weight is 212 g/mol. The summed E-state index contributed by atoms with van der Waals surface area (Å²) in [6, 6.07) is 0. The molecular weight excluding hydrogens is 192 g/mol. The first kappa shape index (κ1) is 10.3. The molecule has 0 aromatic carbocycles. The largest absolute Gasteiger partial charge is 0.373 e. The molecule has 0 aromatic rings. The van der Waals surface area contributed by atoms with E-state index in [-0.39, 0.29) is 0 Å². The number of hydrogen-bond acceptors (Lipinski definition) is 3. The highest BCUT2D eigenvalue weighted by Crippen LogP contribution is 2.28. The second-order valence-electron chi connectivity index (χ2n) is 4.18. The number of amidine groups is 1. The lowest BCUT2D eigenvalue weighted by Crippen LogP contribution is -2.31. The summed E-state index contributed by atoms with van der Waals surface area (Å²) in [6.07, 6.45) is 8.40. The lowest BCUT2D eigenvalue weighted by Gasteiger charge is -2.22. The summed E-state index contributed by atoms with van der Waals surface area (Å²) in [5, 5.41) is 4.30. The maximum atomic E-state index is 4.50. The van der Waals surface area contributed by atoms with Gasteiger partial charge in [0.2, 0.25) is 0 Å². The van der Waals surface area contributed by atoms with E-state index in [1.807, 2.05) is 0 Å². The van der Waals surface area contributed by atoms with Gasteiger partial charge < -0.3 is 5.32 Å². The number of thioether (sulfide) groups is 1. The van der Waals surface area contributed by atoms with Gasteiger partial charge in [0.05, 0.1) is 5.75 Å². The van der Waals surface area contributed by atoms with E-state index < -0.39 is 0 Å². The Morgan fingerprint density at radius 3 is 2.79 bits per heavy atom. The Balaban J connectivity index is 1.67. The van der Waals surface area contributed by atoms with Crippen LogP contribution in [0, 0.1) is 0 Å². The first-order valence-electron chi connectivity index (χ1n) is 5.84. The van der Waals surface area contributed by atoms with Crippen molar-refractivity contribution in [1.82, 2.24) is 5.32 Å². The van der Waals surface area contributed by atoms with Crippen LogP contribution in [0.3, 0.4) is 0 Å². The van der Waals surface area contributed by atoms with Crippen molar-refractivity contribution in [1.29, 1.82) is 0 Å². The van der Waals surface area contributed by atoms with Gasteiger partial charge in [-0.05, 0) is 19.3 Å². The van der Waals surface area contributed by atoms with Crippen molar-refractivity contribution >= 4 is 17.6 Å². The molecule has 1 aliphatic carbocycles. The van der Waals surface area contributed by atoms with E-state index in [1.54, 1.807) is 0 Å². The van der Waals surface area contributed by atoms with Gasteiger partial charge in [-0.25, -0.2) is 0 Å². The third-order valence-corrected chi connectivity index (χ3v) is 4.36. The maximum absolute atomic E-state index is 4.50. The highest BCUT2D eigenvalue weighted by Gasteiger charge is 2.14. The van der Waals surface area contributed by atoms with Crippen LogP contribution in [-0.2, 0) is 0 Å². The molecule has 0 radical (unpaired) electrons. The topological polar surface area (TPSA) is 24.4 Å². The SMILES string of the molecule is C1CCC(SCC2=NCCCN2)CC1. The number of nitrogens with one attached hydrogen (secondary N) is 1. The van der Waals surface area contributed by atoms with Crippen LogP contribution in [0.2, 0.25) is 0 Å². The van der Waals surface area contributed by atoms with E-state index in [9.17, 15) is 0 Å². The molecular formula is C11H20N2S. The van der Waals surface area contributed by atoms with Crippen molar-refractivity contribution in [3.05, 3.63) is 0 Å². The summed E-state index contributed by atoms with van der Waals surface area (Å²) in [6.45, 7) is 2.16. The molecule has 1 fully saturated rings. The maximum Gasteiger partial charge on any atom is 0.106 e. The van der Waals surface area contributed by atoms with Gasteiger partial charge in [0.15, 0.2) is 0 Å². The van der Waals surface area contributed by atoms with Crippen LogP contribution in [0.1, 0.15) is 38.5 Å². The molecule has 2 aliphatic rings. The van der Waals surface area contributed by atoms with Crippen molar-refractivity contribution in [2.45, 2.75) is 43.8 Å². The van der Waals surface area contributed by atoms with E-state index in [0.717, 1.165) is 24.1 Å². The van der Waals surface area contributed by atoms with Gasteiger partial charge in [0, 0.05) is 18.3 Å². The third-order valence-electron chi connectivity index (χ3n) is 2.97. The van der Waals surface area contributed by atoms with Crippen LogP contribution in [0.15, 0.2) is 4.99 Å². The van der Waals surface area contributed by atoms with E-state index in [0.29, 0.717) is 0 Å². The van der Waals surface area contributed by atoms with E-state index in [4.69, 9.17) is 0 Å². The first-order valence-corrected chi connectivity index (χ1v) is 6.89. The summed E-state index contributed by atoms with van der Waals surface area (Å²) < 4.78 is 0. The van der Waals surface area contributed by atoms with Crippen LogP contribution in [0.4, 0.5) is 0 Å². The zero-order chi connectivity index (χ0) is 9.64. The minimum atomic E-state index is 0.912. The summed E-state index contributed by atoms with van der Waals surface area (Å²) in [5.41, 5.74) is 0. The minimum Gasteiger partial charge on any atom is -0.373 e. The fourth-order valence-electron chi connectivity index (χ4n) is 2.11. The second kappa shape index (κ2) is 5.64. The van der Waals surface area contributed by atoms with Crippen molar-refractivity contribution in [3.8, 4) is 0 Å². The summed E-state index contributed by atoms with van der Waals surface area (Å²) in [7, 11) is 0. The molecule has 0 amide bonds. The van der Waals surface area contributed by atoms with Gasteiger partial charge in [-0.2, -0.15) is 11.8 Å². The minimum absolute atomic E-state index is 0.912. The predicted molar refractivity (Wildman–Crippen MR) is 64.3 cm³/mol. The molecule has 14 heavy (non-hydrogen) atoms. The lowest BCUT2D eigenvalue weighted by molar-refractivity contribution is 0.516. The van der Waals surface area contributed by atoms with Gasteiger partial charge in [-0.15, -0.1) is 0 Å². The Labute approximate surface area is 90.9 Å². The Bertz CT molecular complexity index is 197. The molecule has 2 rings (SSSR count). The molecule has 0 bridgehead atoms. The fourth-order valence-corrected chi connectivity index (χ4v) is 3.36. The Morgan fingerprint density at radius 1 is 1.21 bits per heavy atom. The molecule has 0 saturated heterocycles. The fraction of sp³-hybridized carbons (Fsp3) is 0.909. The standard InChI is InChI=1S/C11H20N2S/c1-2-5-10(6-3-1)14-9-11-12-7-4-8-13-11/h10H,1-9H2,(H,12,13). The zero-order valence-electron chi connectivity index (χ0n) is 8.80. The van der Waals surface area contributed by atoms with Crippen LogP contribution >= 0.6 is 11.8 Å². The quantitative estimate of drug-likeness (QED) is 0.777. The lowest BCUT2D eigenvalue weighted by atomic mass is 10.0. The van der Waals surface area contributed by atoms with Gasteiger partial charge >= 0.3 is 0 Å². The molecule has 1 N–H and O–H groups in total. The molecule has 0 atom stereocenters. The normalized spacial score (nSPS) is 24.1. The second-order valence-corrected chi connectivity index (χ2v) is 5.47. The molecule has 1 saturated carbocycles. The van der Waals surface area contributed by atoms with Crippen molar-refractivity contribution < 1.29 is 0 Å². The van der Waals surface area contributed by atoms with Crippen LogP contribution in [0.5, 0.6) is 0 Å². The molecule has 0 unspecified atom stereocenters. The molecule has 0 aromatic heterocycles. The highest BCUT2D eigenvalue weighted by molar-refractivity contribution is 8.00. The third kappa shape index (κ3) is 3.19. The molecule has 1 aliphatic heterocycles. The van der Waals surface area contributed by atoms with Crippen LogP contribution in [0.25, 0.3) is 0 Å². The van der Waals surface area contributed by atoms with Crippen molar-refractivity contribution in [2.75, 3.05) is 18.8 Å². The van der Waals surface area contributed by atoms with Gasteiger partial charge in [0.1, 0.15) is 5.84 Å². The number of nitrogens with zero attached hydrogens (tertiary/aromatic N) is 1. The average Bonchev–Trinajstić information content (AvgIpc) is 2.29. The monoisotopic (exact) mass is 212 g/mol. The summed E-state index contributed by atoms with van der Waals surface area (Å²) in [4.78, 5) is 4.50. The molecule has 0 spiro atoms. The number of aliphatic imine (C=N–C) groups is 1. The molecule has 1 heterocycles. The Morgan fingerprint density at radius 2 is 2.07 bits per heavy atom. The van der Waals surface area contributed by atoms with Gasteiger partial charge in [-0.3, -0.25) is 4.99 Å². The van der Waals surface area contributed by atoms with Crippen LogP contribution in [-0.4, -0.2) is 29.9 Å². The predicted octanol–water partition coefficient (Wildman–Crippen LogP) is 2.44. The summed E-state index contributed by atoms with van der Waals surface area (Å²) in [5.74, 6) is 2.36. The zero-order valence-corrected chi connectivity index (χ0v) is 9.61. The van der Waals surface area contributed by atoms with Gasteiger partial charge in [-0.1, -0.05) is 19.3 Å². The van der Waals surface area contributed by atoms with Crippen molar-refractivity contribution in [3.63, 3.8) is 0 Å². The van der Waals surface area contributed by atoms with Crippen LogP contribution < -0.4 is 5.32 Å². The Kier molecular flexibility index (Phi) is 4.17. The smallest absolute Gasteiger partial charge is 0.106 e. The number of hydrogen-bond donors (Lipinski definition) is 1. The highest BCUT2D eigenvalue weighted by atomic mass is 32.2. The molecule has 3 heteroatoms.